The number of thioether (sulfide) groups is 2. The van der Waals surface area contributed by atoms with Crippen LogP contribution >= 0.6 is 23.5 Å². The minimum Gasteiger partial charge on any atom is -0.480 e. The summed E-state index contributed by atoms with van der Waals surface area (Å²) in [5.74, 6) is 1.04. The number of nitrogens with one attached hydrogen (secondary N) is 1. The summed E-state index contributed by atoms with van der Waals surface area (Å²) in [7, 11) is 0. The molecule has 1 saturated heterocycles. The maximum absolute atomic E-state index is 12.3. The van der Waals surface area contributed by atoms with Crippen LogP contribution in [0.2, 0.25) is 0 Å². The lowest BCUT2D eigenvalue weighted by atomic mass is 10.2. The van der Waals surface area contributed by atoms with E-state index in [0.29, 0.717) is 10.5 Å². The first-order chi connectivity index (χ1) is 9.58. The van der Waals surface area contributed by atoms with E-state index in [1.54, 1.807) is 25.1 Å². The lowest BCUT2D eigenvalue weighted by Crippen LogP contribution is -2.34. The van der Waals surface area contributed by atoms with Crippen LogP contribution in [-0.2, 0) is 4.79 Å². The van der Waals surface area contributed by atoms with Crippen molar-refractivity contribution >= 4 is 35.4 Å². The Hall–Kier alpha value is -1.14. The van der Waals surface area contributed by atoms with Crippen molar-refractivity contribution in [3.63, 3.8) is 0 Å². The van der Waals surface area contributed by atoms with Crippen LogP contribution < -0.4 is 5.32 Å². The topological polar surface area (TPSA) is 66.4 Å². The van der Waals surface area contributed by atoms with E-state index < -0.39 is 11.2 Å². The molecule has 1 fully saturated rings. The molecule has 1 amide bonds. The maximum atomic E-state index is 12.3. The van der Waals surface area contributed by atoms with E-state index in [9.17, 15) is 9.59 Å². The van der Waals surface area contributed by atoms with Gasteiger partial charge in [-0.2, -0.15) is 11.8 Å². The quantitative estimate of drug-likeness (QED) is 0.818. The van der Waals surface area contributed by atoms with Gasteiger partial charge in [-0.15, -0.1) is 11.8 Å². The molecule has 0 bridgehead atoms. The number of carboxylic acid groups (broad SMARTS) is 1. The second-order valence-electron chi connectivity index (χ2n) is 4.63. The van der Waals surface area contributed by atoms with Gasteiger partial charge in [-0.25, -0.2) is 0 Å². The molecule has 2 atom stereocenters. The lowest BCUT2D eigenvalue weighted by Gasteiger charge is -2.14. The third-order valence-electron chi connectivity index (χ3n) is 3.05. The van der Waals surface area contributed by atoms with Gasteiger partial charge in [0, 0.05) is 16.7 Å². The molecule has 0 aliphatic carbocycles. The van der Waals surface area contributed by atoms with E-state index in [4.69, 9.17) is 5.11 Å². The van der Waals surface area contributed by atoms with Gasteiger partial charge in [0.25, 0.3) is 5.91 Å². The van der Waals surface area contributed by atoms with Crippen molar-refractivity contribution < 1.29 is 14.7 Å². The molecule has 1 aliphatic rings. The molecule has 1 aromatic carbocycles. The molecule has 0 saturated carbocycles. The van der Waals surface area contributed by atoms with Crippen LogP contribution in [-0.4, -0.2) is 39.8 Å². The van der Waals surface area contributed by atoms with E-state index >= 15 is 0 Å². The largest absolute Gasteiger partial charge is 0.480 e. The summed E-state index contributed by atoms with van der Waals surface area (Å²) in [6.07, 6.45) is 0.997. The summed E-state index contributed by atoms with van der Waals surface area (Å²) in [5.41, 5.74) is 0.558. The first kappa shape index (κ1) is 15.3. The number of carbonyl (C=O) groups excluding carboxylic acids is 1. The predicted octanol–water partition coefficient (Wildman–Crippen LogP) is 2.49. The van der Waals surface area contributed by atoms with Gasteiger partial charge in [-0.1, -0.05) is 12.1 Å². The fourth-order valence-corrected chi connectivity index (χ4v) is 3.99. The Morgan fingerprint density at radius 3 is 2.85 bits per heavy atom. The van der Waals surface area contributed by atoms with Crippen LogP contribution in [0, 0.1) is 0 Å². The highest BCUT2D eigenvalue weighted by Crippen LogP contribution is 2.27. The Morgan fingerprint density at radius 2 is 2.20 bits per heavy atom. The minimum atomic E-state index is -0.877. The molecule has 1 aromatic rings. The Labute approximate surface area is 126 Å². The van der Waals surface area contributed by atoms with E-state index in [0.717, 1.165) is 17.9 Å². The molecule has 1 heterocycles. The first-order valence-electron chi connectivity index (χ1n) is 6.45. The van der Waals surface area contributed by atoms with Crippen molar-refractivity contribution in [1.82, 2.24) is 5.32 Å². The molecular formula is C14H17NO3S2. The Kier molecular flexibility index (Phi) is 5.37. The molecule has 1 aliphatic heterocycles. The van der Waals surface area contributed by atoms with E-state index in [2.05, 4.69) is 5.32 Å². The number of hydrogen-bond acceptors (Lipinski definition) is 4. The third-order valence-corrected chi connectivity index (χ3v) is 5.38. The number of carbonyl (C=O) groups is 2. The Morgan fingerprint density at radius 1 is 1.45 bits per heavy atom. The van der Waals surface area contributed by atoms with Gasteiger partial charge >= 0.3 is 5.97 Å². The van der Waals surface area contributed by atoms with Crippen molar-refractivity contribution in [2.45, 2.75) is 29.5 Å². The van der Waals surface area contributed by atoms with Gasteiger partial charge in [-0.3, -0.25) is 9.59 Å². The molecule has 108 valence electrons. The average Bonchev–Trinajstić information content (AvgIpc) is 2.92. The molecule has 2 N–H and O–H groups in total. The number of carboxylic acids is 1. The molecule has 2 unspecified atom stereocenters. The van der Waals surface area contributed by atoms with Crippen LogP contribution in [0.4, 0.5) is 0 Å². The van der Waals surface area contributed by atoms with Crippen molar-refractivity contribution in [2.75, 3.05) is 11.5 Å². The molecule has 4 nitrogen and oxygen atoms in total. The number of hydrogen-bond donors (Lipinski definition) is 2. The van der Waals surface area contributed by atoms with Gasteiger partial charge in [0.1, 0.15) is 5.25 Å². The summed E-state index contributed by atoms with van der Waals surface area (Å²) < 4.78 is 0. The number of benzene rings is 1. The van der Waals surface area contributed by atoms with Crippen LogP contribution in [0.1, 0.15) is 23.7 Å². The van der Waals surface area contributed by atoms with Gasteiger partial charge in [0.05, 0.1) is 5.56 Å². The molecule has 20 heavy (non-hydrogen) atoms. The van der Waals surface area contributed by atoms with Gasteiger partial charge in [0.15, 0.2) is 0 Å². The van der Waals surface area contributed by atoms with Gasteiger partial charge in [0.2, 0.25) is 0 Å². The molecular weight excluding hydrogens is 294 g/mol. The molecule has 2 rings (SSSR count). The van der Waals surface area contributed by atoms with Crippen LogP contribution in [0.5, 0.6) is 0 Å². The second kappa shape index (κ2) is 7.04. The van der Waals surface area contributed by atoms with Gasteiger partial charge in [-0.05, 0) is 31.2 Å². The molecule has 0 radical (unpaired) electrons. The number of amides is 1. The smallest absolute Gasteiger partial charge is 0.316 e. The average molecular weight is 311 g/mol. The van der Waals surface area contributed by atoms with E-state index in [1.165, 1.54) is 11.8 Å². The monoisotopic (exact) mass is 311 g/mol. The van der Waals surface area contributed by atoms with Gasteiger partial charge < -0.3 is 10.4 Å². The number of rotatable bonds is 5. The summed E-state index contributed by atoms with van der Waals surface area (Å²) in [5, 5.41) is 11.4. The predicted molar refractivity (Wildman–Crippen MR) is 82.6 cm³/mol. The number of aliphatic carboxylic acids is 1. The van der Waals surface area contributed by atoms with Crippen molar-refractivity contribution in [3.8, 4) is 0 Å². The summed E-state index contributed by atoms with van der Waals surface area (Å²) in [4.78, 5) is 23.9. The van der Waals surface area contributed by atoms with E-state index in [-0.39, 0.29) is 11.9 Å². The zero-order valence-electron chi connectivity index (χ0n) is 11.2. The highest BCUT2D eigenvalue weighted by molar-refractivity contribution is 8.00. The maximum Gasteiger partial charge on any atom is 0.316 e. The van der Waals surface area contributed by atoms with Crippen molar-refractivity contribution in [2.24, 2.45) is 0 Å². The molecule has 0 aromatic heterocycles. The zero-order valence-corrected chi connectivity index (χ0v) is 12.8. The minimum absolute atomic E-state index is 0.113. The first-order valence-corrected chi connectivity index (χ1v) is 8.48. The fourth-order valence-electron chi connectivity index (χ4n) is 1.91. The lowest BCUT2D eigenvalue weighted by molar-refractivity contribution is -0.136. The third kappa shape index (κ3) is 3.93. The molecule has 0 spiro atoms. The normalized spacial score (nSPS) is 19.6. The highest BCUT2D eigenvalue weighted by atomic mass is 32.2. The van der Waals surface area contributed by atoms with Crippen LogP contribution in [0.25, 0.3) is 0 Å². The zero-order chi connectivity index (χ0) is 14.5. The Balaban J connectivity index is 2.09. The fraction of sp³-hybridized carbons (Fsp3) is 0.429. The Bertz CT molecular complexity index is 501. The van der Waals surface area contributed by atoms with Crippen molar-refractivity contribution in [3.05, 3.63) is 29.8 Å². The summed E-state index contributed by atoms with van der Waals surface area (Å²) in [6.45, 7) is 1.62. The van der Waals surface area contributed by atoms with Crippen molar-refractivity contribution in [1.29, 1.82) is 0 Å². The van der Waals surface area contributed by atoms with Crippen LogP contribution in [0.15, 0.2) is 29.2 Å². The SMILES string of the molecule is CC(Sc1ccccc1C(=O)NC1CCSC1)C(=O)O. The second-order valence-corrected chi connectivity index (χ2v) is 7.16. The standard InChI is InChI=1S/C14H17NO3S2/c1-9(14(17)18)20-12-5-3-2-4-11(12)13(16)15-10-6-7-19-8-10/h2-5,9-10H,6-8H2,1H3,(H,15,16)(H,17,18). The molecule has 6 heteroatoms. The summed E-state index contributed by atoms with van der Waals surface area (Å²) >= 11 is 3.04. The van der Waals surface area contributed by atoms with Crippen LogP contribution in [0.3, 0.4) is 0 Å². The highest BCUT2D eigenvalue weighted by Gasteiger charge is 2.21. The summed E-state index contributed by atoms with van der Waals surface area (Å²) in [6, 6.07) is 7.38. The van der Waals surface area contributed by atoms with E-state index in [1.807, 2.05) is 17.8 Å².